The number of benzene rings is 1. The van der Waals surface area contributed by atoms with Crippen LogP contribution in [0.2, 0.25) is 0 Å². The lowest BCUT2D eigenvalue weighted by Crippen LogP contribution is -2.32. The van der Waals surface area contributed by atoms with Crippen molar-refractivity contribution in [3.05, 3.63) is 46.9 Å². The molecule has 0 radical (unpaired) electrons. The van der Waals surface area contributed by atoms with Gasteiger partial charge in [0.25, 0.3) is 0 Å². The van der Waals surface area contributed by atoms with Gasteiger partial charge in [-0.15, -0.1) is 0 Å². The normalized spacial score (nSPS) is 17.3. The highest BCUT2D eigenvalue weighted by atomic mass is 19.1. The number of nitrogens with one attached hydrogen (secondary N) is 1. The van der Waals surface area contributed by atoms with Crippen LogP contribution in [0.3, 0.4) is 0 Å². The fourth-order valence-corrected chi connectivity index (χ4v) is 3.54. The van der Waals surface area contributed by atoms with E-state index in [1.165, 1.54) is 12.1 Å². The molecule has 2 aromatic rings. The topological polar surface area (TPSA) is 61.1 Å². The van der Waals surface area contributed by atoms with Gasteiger partial charge in [0, 0.05) is 12.2 Å². The first kappa shape index (κ1) is 18.2. The third-order valence-corrected chi connectivity index (χ3v) is 5.02. The van der Waals surface area contributed by atoms with Crippen LogP contribution < -0.4 is 5.32 Å². The Morgan fingerprint density at radius 1 is 1.42 bits per heavy atom. The van der Waals surface area contributed by atoms with Crippen LogP contribution in [-0.2, 0) is 4.79 Å². The Bertz CT molecular complexity index is 881. The minimum Gasteiger partial charge on any atom is -0.310 e. The average molecular weight is 354 g/mol. The minimum atomic E-state index is -0.366. The zero-order chi connectivity index (χ0) is 18.8. The average Bonchev–Trinajstić information content (AvgIpc) is 3.09. The largest absolute Gasteiger partial charge is 0.310 e. The standard InChI is InChI=1S/C20H23FN4O/c1-13-7-8-24(11-13)12-19(26)23-20-18(10-22)14(2)15(3)25(20)17-6-4-5-16(21)9-17/h4-6,9,13H,7-8,11-12H2,1-3H3,(H,23,26). The van der Waals surface area contributed by atoms with Crippen LogP contribution in [0.5, 0.6) is 0 Å². The Kier molecular flexibility index (Phi) is 5.10. The van der Waals surface area contributed by atoms with Crippen molar-refractivity contribution in [2.75, 3.05) is 25.0 Å². The molecule has 1 aromatic carbocycles. The minimum absolute atomic E-state index is 0.161. The number of nitriles is 1. The highest BCUT2D eigenvalue weighted by molar-refractivity contribution is 5.93. The highest BCUT2D eigenvalue weighted by Crippen LogP contribution is 2.30. The van der Waals surface area contributed by atoms with Gasteiger partial charge in [-0.25, -0.2) is 4.39 Å². The van der Waals surface area contributed by atoms with Gasteiger partial charge in [-0.05, 0) is 56.5 Å². The molecule has 26 heavy (non-hydrogen) atoms. The molecule has 0 aliphatic carbocycles. The summed E-state index contributed by atoms with van der Waals surface area (Å²) in [7, 11) is 0. The van der Waals surface area contributed by atoms with Crippen LogP contribution in [0.1, 0.15) is 30.2 Å². The van der Waals surface area contributed by atoms with Gasteiger partial charge >= 0.3 is 0 Å². The van der Waals surface area contributed by atoms with E-state index in [4.69, 9.17) is 0 Å². The quantitative estimate of drug-likeness (QED) is 0.915. The van der Waals surface area contributed by atoms with Crippen molar-refractivity contribution < 1.29 is 9.18 Å². The first-order valence-corrected chi connectivity index (χ1v) is 8.80. The van der Waals surface area contributed by atoms with Gasteiger partial charge in [0.15, 0.2) is 0 Å². The molecule has 1 amide bonds. The van der Waals surface area contributed by atoms with Crippen molar-refractivity contribution in [1.29, 1.82) is 5.26 Å². The Morgan fingerprint density at radius 3 is 2.81 bits per heavy atom. The maximum Gasteiger partial charge on any atom is 0.239 e. The van der Waals surface area contributed by atoms with Gasteiger partial charge in [0.05, 0.1) is 17.8 Å². The molecule has 1 aliphatic heterocycles. The molecule has 1 fully saturated rings. The molecule has 1 saturated heterocycles. The molecular weight excluding hydrogens is 331 g/mol. The number of nitrogens with zero attached hydrogens (tertiary/aromatic N) is 3. The van der Waals surface area contributed by atoms with Crippen molar-refractivity contribution >= 4 is 11.7 Å². The molecule has 1 aromatic heterocycles. The van der Waals surface area contributed by atoms with E-state index in [2.05, 4.69) is 23.2 Å². The monoisotopic (exact) mass is 354 g/mol. The van der Waals surface area contributed by atoms with Gasteiger partial charge in [0.2, 0.25) is 5.91 Å². The molecule has 1 atom stereocenters. The number of anilines is 1. The van der Waals surface area contributed by atoms with Crippen LogP contribution in [-0.4, -0.2) is 35.0 Å². The van der Waals surface area contributed by atoms with E-state index in [1.54, 1.807) is 16.7 Å². The molecule has 6 heteroatoms. The SMILES string of the molecule is Cc1c(C#N)c(NC(=O)CN2CCC(C)C2)n(-c2cccc(F)c2)c1C. The van der Waals surface area contributed by atoms with Gasteiger partial charge in [-0.1, -0.05) is 13.0 Å². The number of hydrogen-bond acceptors (Lipinski definition) is 3. The van der Waals surface area contributed by atoms with Gasteiger partial charge in [0.1, 0.15) is 17.7 Å². The highest BCUT2D eigenvalue weighted by Gasteiger charge is 2.24. The lowest BCUT2D eigenvalue weighted by molar-refractivity contribution is -0.117. The molecule has 3 rings (SSSR count). The molecular formula is C20H23FN4O. The summed E-state index contributed by atoms with van der Waals surface area (Å²) >= 11 is 0. The first-order chi connectivity index (χ1) is 12.4. The third kappa shape index (κ3) is 3.49. The van der Waals surface area contributed by atoms with Crippen LogP contribution >= 0.6 is 0 Å². The van der Waals surface area contributed by atoms with Gasteiger partial charge in [-0.2, -0.15) is 5.26 Å². The van der Waals surface area contributed by atoms with E-state index in [0.29, 0.717) is 29.5 Å². The van der Waals surface area contributed by atoms with Crippen molar-refractivity contribution in [2.24, 2.45) is 5.92 Å². The third-order valence-electron chi connectivity index (χ3n) is 5.02. The van der Waals surface area contributed by atoms with E-state index in [0.717, 1.165) is 30.8 Å². The Morgan fingerprint density at radius 2 is 2.19 bits per heavy atom. The maximum atomic E-state index is 13.7. The summed E-state index contributed by atoms with van der Waals surface area (Å²) in [5, 5.41) is 12.5. The fourth-order valence-electron chi connectivity index (χ4n) is 3.54. The van der Waals surface area contributed by atoms with E-state index < -0.39 is 0 Å². The summed E-state index contributed by atoms with van der Waals surface area (Å²) in [5.41, 5.74) is 2.58. The number of hydrogen-bond donors (Lipinski definition) is 1. The van der Waals surface area contributed by atoms with Gasteiger partial charge in [-0.3, -0.25) is 14.3 Å². The molecule has 1 N–H and O–H groups in total. The zero-order valence-electron chi connectivity index (χ0n) is 15.3. The Balaban J connectivity index is 1.94. The Hall–Kier alpha value is -2.65. The summed E-state index contributed by atoms with van der Waals surface area (Å²) < 4.78 is 15.4. The number of rotatable bonds is 4. The number of carbonyl (C=O) groups excluding carboxylic acids is 1. The fraction of sp³-hybridized carbons (Fsp3) is 0.400. The number of carbonyl (C=O) groups is 1. The number of likely N-dealkylation sites (tertiary alicyclic amines) is 1. The number of aromatic nitrogens is 1. The van der Waals surface area contributed by atoms with E-state index >= 15 is 0 Å². The Labute approximate surface area is 153 Å². The first-order valence-electron chi connectivity index (χ1n) is 8.80. The van der Waals surface area contributed by atoms with Gasteiger partial charge < -0.3 is 5.32 Å². The van der Waals surface area contributed by atoms with E-state index in [-0.39, 0.29) is 11.7 Å². The summed E-state index contributed by atoms with van der Waals surface area (Å²) in [6, 6.07) is 8.31. The summed E-state index contributed by atoms with van der Waals surface area (Å²) in [6.45, 7) is 7.97. The predicted octanol–water partition coefficient (Wildman–Crippen LogP) is 3.39. The number of amides is 1. The molecule has 0 saturated carbocycles. The van der Waals surface area contributed by atoms with Crippen LogP contribution in [0, 0.1) is 36.9 Å². The summed E-state index contributed by atoms with van der Waals surface area (Å²) in [6.07, 6.45) is 1.09. The van der Waals surface area contributed by atoms with Crippen molar-refractivity contribution in [3.8, 4) is 11.8 Å². The molecule has 5 nitrogen and oxygen atoms in total. The molecule has 1 unspecified atom stereocenters. The maximum absolute atomic E-state index is 13.7. The van der Waals surface area contributed by atoms with Crippen LogP contribution in [0.25, 0.3) is 5.69 Å². The second kappa shape index (κ2) is 7.30. The molecule has 136 valence electrons. The zero-order valence-corrected chi connectivity index (χ0v) is 15.3. The van der Waals surface area contributed by atoms with Crippen LogP contribution in [0.15, 0.2) is 24.3 Å². The van der Waals surface area contributed by atoms with E-state index in [9.17, 15) is 14.4 Å². The summed E-state index contributed by atoms with van der Waals surface area (Å²) in [5.74, 6) is 0.476. The molecule has 2 heterocycles. The lowest BCUT2D eigenvalue weighted by atomic mass is 10.2. The molecule has 1 aliphatic rings. The predicted molar refractivity (Wildman–Crippen MR) is 98.8 cm³/mol. The van der Waals surface area contributed by atoms with Crippen molar-refractivity contribution in [2.45, 2.75) is 27.2 Å². The second-order valence-corrected chi connectivity index (χ2v) is 7.04. The second-order valence-electron chi connectivity index (χ2n) is 7.04. The number of halogens is 1. The lowest BCUT2D eigenvalue weighted by Gasteiger charge is -2.17. The van der Waals surface area contributed by atoms with Crippen molar-refractivity contribution in [1.82, 2.24) is 9.47 Å². The summed E-state index contributed by atoms with van der Waals surface area (Å²) in [4.78, 5) is 14.7. The van der Waals surface area contributed by atoms with E-state index in [1.807, 2.05) is 13.8 Å². The molecule has 0 spiro atoms. The van der Waals surface area contributed by atoms with Crippen molar-refractivity contribution in [3.63, 3.8) is 0 Å². The van der Waals surface area contributed by atoms with Crippen LogP contribution in [0.4, 0.5) is 10.2 Å². The smallest absolute Gasteiger partial charge is 0.239 e. The molecule has 0 bridgehead atoms.